The van der Waals surface area contributed by atoms with E-state index in [9.17, 15) is 9.59 Å². The minimum Gasteiger partial charge on any atom is -0.370 e. The molecule has 15 heavy (non-hydrogen) atoms. The van der Waals surface area contributed by atoms with E-state index in [-0.39, 0.29) is 24.3 Å². The summed E-state index contributed by atoms with van der Waals surface area (Å²) >= 11 is 0. The third-order valence-electron chi connectivity index (χ3n) is 2.46. The van der Waals surface area contributed by atoms with Gasteiger partial charge in [0.1, 0.15) is 0 Å². The van der Waals surface area contributed by atoms with E-state index in [1.807, 2.05) is 13.8 Å². The van der Waals surface area contributed by atoms with E-state index in [0.29, 0.717) is 0 Å². The third kappa shape index (κ3) is 5.37. The number of carbonyl (C=O) groups excluding carboxylic acids is 2. The van der Waals surface area contributed by atoms with E-state index in [1.54, 1.807) is 6.92 Å². The van der Waals surface area contributed by atoms with Crippen molar-refractivity contribution in [3.63, 3.8) is 0 Å². The van der Waals surface area contributed by atoms with Crippen LogP contribution in [-0.4, -0.2) is 23.9 Å². The molecule has 0 aromatic carbocycles. The van der Waals surface area contributed by atoms with Crippen molar-refractivity contribution in [1.82, 2.24) is 5.32 Å². The van der Waals surface area contributed by atoms with Crippen molar-refractivity contribution in [3.05, 3.63) is 0 Å². The fraction of sp³-hybridized carbons (Fsp3) is 0.800. The SMILES string of the molecule is CCC(C)[C@H](N)C(=O)NC(C)CC(N)=O. The average Bonchev–Trinajstić information content (AvgIpc) is 2.13. The number of hydrogen-bond donors (Lipinski definition) is 3. The smallest absolute Gasteiger partial charge is 0.237 e. The summed E-state index contributed by atoms with van der Waals surface area (Å²) in [5, 5.41) is 2.66. The van der Waals surface area contributed by atoms with Crippen molar-refractivity contribution >= 4 is 11.8 Å². The van der Waals surface area contributed by atoms with E-state index in [4.69, 9.17) is 11.5 Å². The van der Waals surface area contributed by atoms with Gasteiger partial charge in [-0.05, 0) is 12.8 Å². The van der Waals surface area contributed by atoms with Crippen molar-refractivity contribution in [1.29, 1.82) is 0 Å². The van der Waals surface area contributed by atoms with Gasteiger partial charge in [-0.3, -0.25) is 9.59 Å². The minimum atomic E-state index is -0.523. The molecule has 0 aromatic rings. The summed E-state index contributed by atoms with van der Waals surface area (Å²) in [4.78, 5) is 22.1. The second-order valence-electron chi connectivity index (χ2n) is 3.99. The second kappa shape index (κ2) is 6.40. The molecule has 2 unspecified atom stereocenters. The van der Waals surface area contributed by atoms with Gasteiger partial charge < -0.3 is 16.8 Å². The van der Waals surface area contributed by atoms with Crippen LogP contribution >= 0.6 is 0 Å². The van der Waals surface area contributed by atoms with Crippen LogP contribution in [0.15, 0.2) is 0 Å². The predicted octanol–water partition coefficient (Wildman–Crippen LogP) is -0.260. The highest BCUT2D eigenvalue weighted by molar-refractivity contribution is 5.83. The molecule has 0 bridgehead atoms. The van der Waals surface area contributed by atoms with Crippen LogP contribution in [0.3, 0.4) is 0 Å². The first-order valence-electron chi connectivity index (χ1n) is 5.22. The quantitative estimate of drug-likeness (QED) is 0.569. The van der Waals surface area contributed by atoms with Crippen LogP contribution in [0.1, 0.15) is 33.6 Å². The summed E-state index contributed by atoms with van der Waals surface area (Å²) in [6, 6.07) is -0.782. The molecule has 0 radical (unpaired) electrons. The van der Waals surface area contributed by atoms with Crippen molar-refractivity contribution in [2.24, 2.45) is 17.4 Å². The molecule has 0 rings (SSSR count). The zero-order valence-electron chi connectivity index (χ0n) is 9.62. The van der Waals surface area contributed by atoms with Gasteiger partial charge in [-0.2, -0.15) is 0 Å². The first kappa shape index (κ1) is 13.9. The number of hydrogen-bond acceptors (Lipinski definition) is 3. The zero-order valence-corrected chi connectivity index (χ0v) is 9.62. The van der Waals surface area contributed by atoms with Crippen molar-refractivity contribution in [2.45, 2.75) is 45.7 Å². The van der Waals surface area contributed by atoms with Crippen LogP contribution in [0, 0.1) is 5.92 Å². The lowest BCUT2D eigenvalue weighted by Crippen LogP contribution is -2.48. The Morgan fingerprint density at radius 1 is 1.33 bits per heavy atom. The molecule has 0 heterocycles. The highest BCUT2D eigenvalue weighted by Crippen LogP contribution is 2.05. The van der Waals surface area contributed by atoms with Crippen LogP contribution < -0.4 is 16.8 Å². The molecule has 0 aliphatic heterocycles. The third-order valence-corrected chi connectivity index (χ3v) is 2.46. The Balaban J connectivity index is 4.06. The Bertz CT molecular complexity index is 231. The van der Waals surface area contributed by atoms with E-state index >= 15 is 0 Å². The van der Waals surface area contributed by atoms with E-state index in [1.165, 1.54) is 0 Å². The molecular weight excluding hydrogens is 194 g/mol. The van der Waals surface area contributed by atoms with Gasteiger partial charge in [-0.1, -0.05) is 20.3 Å². The standard InChI is InChI=1S/C10H21N3O2/c1-4-6(2)9(12)10(15)13-7(3)5-8(11)14/h6-7,9H,4-5,12H2,1-3H3,(H2,11,14)(H,13,15)/t6?,7?,9-/m0/s1. The molecule has 3 atom stereocenters. The highest BCUT2D eigenvalue weighted by atomic mass is 16.2. The number of nitrogens with two attached hydrogens (primary N) is 2. The molecule has 5 nitrogen and oxygen atoms in total. The van der Waals surface area contributed by atoms with Crippen LogP contribution in [0.4, 0.5) is 0 Å². The molecule has 0 spiro atoms. The first-order valence-corrected chi connectivity index (χ1v) is 5.22. The Kier molecular flexibility index (Phi) is 5.93. The summed E-state index contributed by atoms with van der Waals surface area (Å²) in [6.07, 6.45) is 0.984. The minimum absolute atomic E-state index is 0.130. The van der Waals surface area contributed by atoms with Gasteiger partial charge in [0.05, 0.1) is 6.04 Å². The lowest BCUT2D eigenvalue weighted by molar-refractivity contribution is -0.124. The highest BCUT2D eigenvalue weighted by Gasteiger charge is 2.20. The normalized spacial score (nSPS) is 16.5. The maximum absolute atomic E-state index is 11.5. The van der Waals surface area contributed by atoms with Crippen molar-refractivity contribution < 1.29 is 9.59 Å². The van der Waals surface area contributed by atoms with Crippen LogP contribution in [0.2, 0.25) is 0 Å². The van der Waals surface area contributed by atoms with E-state index in [2.05, 4.69) is 5.32 Å². The van der Waals surface area contributed by atoms with Crippen LogP contribution in [0.25, 0.3) is 0 Å². The molecule has 0 aliphatic carbocycles. The fourth-order valence-electron chi connectivity index (χ4n) is 1.20. The Labute approximate surface area is 90.6 Å². The lowest BCUT2D eigenvalue weighted by atomic mass is 9.99. The number of amides is 2. The fourth-order valence-corrected chi connectivity index (χ4v) is 1.20. The van der Waals surface area contributed by atoms with Gasteiger partial charge in [0.2, 0.25) is 11.8 Å². The predicted molar refractivity (Wildman–Crippen MR) is 58.8 cm³/mol. The molecule has 0 fully saturated rings. The molecule has 5 N–H and O–H groups in total. The maximum Gasteiger partial charge on any atom is 0.237 e. The number of carbonyl (C=O) groups is 2. The van der Waals surface area contributed by atoms with E-state index < -0.39 is 11.9 Å². The Morgan fingerprint density at radius 3 is 2.27 bits per heavy atom. The van der Waals surface area contributed by atoms with E-state index in [0.717, 1.165) is 6.42 Å². The molecule has 0 aromatic heterocycles. The Morgan fingerprint density at radius 2 is 1.87 bits per heavy atom. The summed E-state index contributed by atoms with van der Waals surface area (Å²) in [6.45, 7) is 5.62. The number of rotatable bonds is 6. The zero-order chi connectivity index (χ0) is 12.0. The molecule has 0 saturated carbocycles. The average molecular weight is 215 g/mol. The molecule has 0 aliphatic rings. The Hall–Kier alpha value is -1.10. The summed E-state index contributed by atoms with van der Waals surface area (Å²) in [5.41, 5.74) is 10.7. The molecule has 5 heteroatoms. The molecule has 88 valence electrons. The summed E-state index contributed by atoms with van der Waals surface area (Å²) in [5.74, 6) is -0.524. The second-order valence-corrected chi connectivity index (χ2v) is 3.99. The molecule has 0 saturated heterocycles. The summed E-state index contributed by atoms with van der Waals surface area (Å²) < 4.78 is 0. The number of primary amides is 1. The van der Waals surface area contributed by atoms with Gasteiger partial charge in [0.15, 0.2) is 0 Å². The van der Waals surface area contributed by atoms with Gasteiger partial charge >= 0.3 is 0 Å². The van der Waals surface area contributed by atoms with Gasteiger partial charge in [-0.25, -0.2) is 0 Å². The van der Waals surface area contributed by atoms with Gasteiger partial charge in [0, 0.05) is 12.5 Å². The number of nitrogens with one attached hydrogen (secondary N) is 1. The largest absolute Gasteiger partial charge is 0.370 e. The van der Waals surface area contributed by atoms with Crippen LogP contribution in [0.5, 0.6) is 0 Å². The van der Waals surface area contributed by atoms with Crippen molar-refractivity contribution in [3.8, 4) is 0 Å². The monoisotopic (exact) mass is 215 g/mol. The maximum atomic E-state index is 11.5. The van der Waals surface area contributed by atoms with Crippen molar-refractivity contribution in [2.75, 3.05) is 0 Å². The molecule has 2 amide bonds. The van der Waals surface area contributed by atoms with Gasteiger partial charge in [-0.15, -0.1) is 0 Å². The van der Waals surface area contributed by atoms with Crippen LogP contribution in [-0.2, 0) is 9.59 Å². The lowest BCUT2D eigenvalue weighted by Gasteiger charge is -2.20. The summed E-state index contributed by atoms with van der Waals surface area (Å²) in [7, 11) is 0. The topological polar surface area (TPSA) is 98.2 Å². The van der Waals surface area contributed by atoms with Gasteiger partial charge in [0.25, 0.3) is 0 Å². The first-order chi connectivity index (χ1) is 6.88. The molecular formula is C10H21N3O2.